The van der Waals surface area contributed by atoms with Gasteiger partial charge in [0.25, 0.3) is 0 Å². The topological polar surface area (TPSA) is 163 Å². The minimum absolute atomic E-state index is 0.205. The predicted octanol–water partition coefficient (Wildman–Crippen LogP) is 0.128. The minimum Gasteiger partial charge on any atom is -0.431 e. The first-order valence-corrected chi connectivity index (χ1v) is 10.1. The average molecular weight is 419 g/mol. The van der Waals surface area contributed by atoms with Gasteiger partial charge >= 0.3 is 6.16 Å². The van der Waals surface area contributed by atoms with E-state index in [1.54, 1.807) is 11.1 Å². The molecule has 0 radical (unpaired) electrons. The van der Waals surface area contributed by atoms with E-state index < -0.39 is 42.7 Å². The van der Waals surface area contributed by atoms with Crippen LogP contribution in [0, 0.1) is 11.3 Å². The van der Waals surface area contributed by atoms with E-state index in [1.165, 1.54) is 6.34 Å². The molecule has 3 heterocycles. The van der Waals surface area contributed by atoms with Crippen molar-refractivity contribution in [1.82, 2.24) is 5.01 Å². The lowest BCUT2D eigenvalue weighted by Crippen LogP contribution is -2.47. The fourth-order valence-corrected chi connectivity index (χ4v) is 4.36. The molecule has 2 fully saturated rings. The monoisotopic (exact) mass is 419 g/mol. The summed E-state index contributed by atoms with van der Waals surface area (Å²) in [4.78, 5) is 16.0. The number of nitriles is 1. The maximum Gasteiger partial charge on any atom is 0.508 e. The van der Waals surface area contributed by atoms with Crippen molar-refractivity contribution >= 4 is 18.3 Å². The SMILES string of the molecule is N#C[C@]1(COC(=O)OC2CCCCC2)O[C@@H](C2CC=C3C(N)=NC=NN32)[C@H](O)[C@@H]1O. The number of amidine groups is 1. The summed E-state index contributed by atoms with van der Waals surface area (Å²) in [6.45, 7) is -0.566. The molecule has 4 N–H and O–H groups in total. The molecule has 0 aromatic heterocycles. The van der Waals surface area contributed by atoms with Crippen LogP contribution < -0.4 is 5.73 Å². The number of carbonyl (C=O) groups is 1. The van der Waals surface area contributed by atoms with Crippen molar-refractivity contribution in [2.75, 3.05) is 6.61 Å². The molecule has 4 rings (SSSR count). The molecule has 162 valence electrons. The third-order valence-corrected chi connectivity index (χ3v) is 6.02. The standard InChI is InChI=1S/C19H25N5O6/c20-8-19(9-28-18(27)29-11-4-2-1-3-5-11)16(26)14(25)15(30-19)12-6-7-13-17(21)22-10-23-24(12)13/h7,10-12,14-16,25-26H,1-6,9H2,(H2,21,22,23)/t12?,14-,15-,16-,19+/m0/s1. The van der Waals surface area contributed by atoms with Crippen LogP contribution in [0.1, 0.15) is 38.5 Å². The van der Waals surface area contributed by atoms with Crippen molar-refractivity contribution in [2.24, 2.45) is 15.8 Å². The third-order valence-electron chi connectivity index (χ3n) is 6.02. The Morgan fingerprint density at radius 2 is 2.17 bits per heavy atom. The van der Waals surface area contributed by atoms with Gasteiger partial charge in [-0.25, -0.2) is 9.79 Å². The summed E-state index contributed by atoms with van der Waals surface area (Å²) in [5.74, 6) is 0.279. The number of carbonyl (C=O) groups excluding carboxylic acids is 1. The second-order valence-electron chi connectivity index (χ2n) is 7.92. The van der Waals surface area contributed by atoms with Gasteiger partial charge in [-0.2, -0.15) is 10.4 Å². The van der Waals surface area contributed by atoms with Crippen LogP contribution in [0.4, 0.5) is 4.79 Å². The van der Waals surface area contributed by atoms with Crippen LogP contribution in [0.25, 0.3) is 0 Å². The highest BCUT2D eigenvalue weighted by Crippen LogP contribution is 2.38. The molecule has 0 aromatic carbocycles. The van der Waals surface area contributed by atoms with Gasteiger partial charge in [0.2, 0.25) is 5.60 Å². The van der Waals surface area contributed by atoms with Crippen molar-refractivity contribution in [2.45, 2.75) is 74.6 Å². The quantitative estimate of drug-likeness (QED) is 0.537. The number of fused-ring (bicyclic) bond motifs is 1. The number of nitrogens with zero attached hydrogens (tertiary/aromatic N) is 4. The fraction of sp³-hybridized carbons (Fsp3) is 0.684. The van der Waals surface area contributed by atoms with E-state index in [9.17, 15) is 20.3 Å². The van der Waals surface area contributed by atoms with Crippen LogP contribution in [0.2, 0.25) is 0 Å². The van der Waals surface area contributed by atoms with Crippen molar-refractivity contribution in [3.63, 3.8) is 0 Å². The smallest absolute Gasteiger partial charge is 0.431 e. The number of hydrogen-bond donors (Lipinski definition) is 3. The second-order valence-corrected chi connectivity index (χ2v) is 7.92. The number of aliphatic hydroxyl groups excluding tert-OH is 2. The van der Waals surface area contributed by atoms with Crippen molar-refractivity contribution in [3.8, 4) is 6.07 Å². The number of nitrogens with two attached hydrogens (primary N) is 1. The predicted molar refractivity (Wildman–Crippen MR) is 103 cm³/mol. The fourth-order valence-electron chi connectivity index (χ4n) is 4.36. The van der Waals surface area contributed by atoms with Gasteiger partial charge in [-0.1, -0.05) is 12.5 Å². The molecule has 30 heavy (non-hydrogen) atoms. The molecule has 11 nitrogen and oxygen atoms in total. The Labute approximate surface area is 173 Å². The zero-order valence-corrected chi connectivity index (χ0v) is 16.4. The molecule has 3 aliphatic heterocycles. The Hall–Kier alpha value is -2.68. The van der Waals surface area contributed by atoms with E-state index >= 15 is 0 Å². The molecule has 4 aliphatic rings. The van der Waals surface area contributed by atoms with Gasteiger partial charge in [0.05, 0.1) is 11.7 Å². The summed E-state index contributed by atoms with van der Waals surface area (Å²) in [7, 11) is 0. The maximum absolute atomic E-state index is 12.1. The van der Waals surface area contributed by atoms with Crippen LogP contribution in [0.15, 0.2) is 21.9 Å². The Morgan fingerprint density at radius 1 is 1.40 bits per heavy atom. The van der Waals surface area contributed by atoms with E-state index in [-0.39, 0.29) is 11.9 Å². The minimum atomic E-state index is -1.92. The largest absolute Gasteiger partial charge is 0.508 e. The summed E-state index contributed by atoms with van der Waals surface area (Å²) in [6, 6.07) is 1.36. The highest BCUT2D eigenvalue weighted by Gasteiger charge is 2.59. The Morgan fingerprint density at radius 3 is 2.90 bits per heavy atom. The van der Waals surface area contributed by atoms with Gasteiger partial charge in [0.1, 0.15) is 43.4 Å². The summed E-state index contributed by atoms with van der Waals surface area (Å²) in [5.41, 5.74) is 4.51. The zero-order chi connectivity index (χ0) is 21.3. The molecule has 0 spiro atoms. The zero-order valence-electron chi connectivity index (χ0n) is 16.4. The van der Waals surface area contributed by atoms with Gasteiger partial charge in [-0.3, -0.25) is 5.01 Å². The molecule has 1 unspecified atom stereocenters. The van der Waals surface area contributed by atoms with Crippen LogP contribution >= 0.6 is 0 Å². The van der Waals surface area contributed by atoms with Crippen LogP contribution in [-0.4, -0.2) is 76.2 Å². The normalized spacial score (nSPS) is 36.0. The highest BCUT2D eigenvalue weighted by atomic mass is 16.7. The van der Waals surface area contributed by atoms with Gasteiger partial charge in [-0.15, -0.1) is 0 Å². The van der Waals surface area contributed by atoms with Crippen molar-refractivity contribution < 1.29 is 29.2 Å². The lowest BCUT2D eigenvalue weighted by Gasteiger charge is -2.31. The molecule has 11 heteroatoms. The van der Waals surface area contributed by atoms with Gasteiger partial charge in [0.15, 0.2) is 5.84 Å². The molecule has 1 saturated heterocycles. The second kappa shape index (κ2) is 8.22. The van der Waals surface area contributed by atoms with E-state index in [1.807, 2.05) is 6.07 Å². The van der Waals surface area contributed by atoms with Crippen LogP contribution in [-0.2, 0) is 14.2 Å². The summed E-state index contributed by atoms with van der Waals surface area (Å²) in [5, 5.41) is 36.6. The summed E-state index contributed by atoms with van der Waals surface area (Å²) in [6.07, 6.45) is 3.08. The molecule has 0 amide bonds. The number of hydrazone groups is 1. The lowest BCUT2D eigenvalue weighted by atomic mass is 9.94. The first-order chi connectivity index (χ1) is 14.4. The number of rotatable bonds is 4. The lowest BCUT2D eigenvalue weighted by molar-refractivity contribution is -0.0992. The van der Waals surface area contributed by atoms with E-state index in [0.29, 0.717) is 12.1 Å². The molecular weight excluding hydrogens is 394 g/mol. The highest BCUT2D eigenvalue weighted by molar-refractivity contribution is 6.02. The molecule has 0 bridgehead atoms. The van der Waals surface area contributed by atoms with Crippen molar-refractivity contribution in [1.29, 1.82) is 5.26 Å². The maximum atomic E-state index is 12.1. The van der Waals surface area contributed by atoms with Crippen LogP contribution in [0.3, 0.4) is 0 Å². The average Bonchev–Trinajstić information content (AvgIpc) is 3.29. The Bertz CT molecular complexity index is 817. The molecule has 0 aromatic rings. The van der Waals surface area contributed by atoms with E-state index in [4.69, 9.17) is 19.9 Å². The van der Waals surface area contributed by atoms with E-state index in [0.717, 1.165) is 32.1 Å². The number of hydrogen-bond acceptors (Lipinski definition) is 11. The summed E-state index contributed by atoms with van der Waals surface area (Å²) < 4.78 is 16.2. The van der Waals surface area contributed by atoms with Crippen molar-refractivity contribution in [3.05, 3.63) is 11.8 Å². The number of aliphatic imine (C=N–C) groups is 1. The van der Waals surface area contributed by atoms with Gasteiger partial charge < -0.3 is 30.2 Å². The van der Waals surface area contributed by atoms with Crippen LogP contribution in [0.5, 0.6) is 0 Å². The summed E-state index contributed by atoms with van der Waals surface area (Å²) >= 11 is 0. The molecular formula is C19H25N5O6. The molecule has 1 saturated carbocycles. The first-order valence-electron chi connectivity index (χ1n) is 10.1. The first kappa shape index (κ1) is 20.6. The van der Waals surface area contributed by atoms with E-state index in [2.05, 4.69) is 10.1 Å². The molecule has 5 atom stereocenters. The molecule has 1 aliphatic carbocycles. The number of ether oxygens (including phenoxy) is 3. The number of aliphatic hydroxyl groups is 2. The van der Waals surface area contributed by atoms with Gasteiger partial charge in [-0.05, 0) is 32.1 Å². The van der Waals surface area contributed by atoms with Gasteiger partial charge in [0, 0.05) is 0 Å². The Kier molecular flexibility index (Phi) is 5.64. The third kappa shape index (κ3) is 3.62. The Balaban J connectivity index is 1.40.